The third-order valence-electron chi connectivity index (χ3n) is 2.81. The van der Waals surface area contributed by atoms with Crippen LogP contribution in [0.25, 0.3) is 0 Å². The molecule has 0 bridgehead atoms. The number of hydrogen-bond acceptors (Lipinski definition) is 3. The van der Waals surface area contributed by atoms with E-state index in [1.165, 1.54) is 12.3 Å². The fraction of sp³-hybridized carbons (Fsp3) is 0.125. The fourth-order valence-electron chi connectivity index (χ4n) is 1.80. The molecule has 4 nitrogen and oxygen atoms in total. The monoisotopic (exact) mass is 283 g/mol. The van der Waals surface area contributed by atoms with Gasteiger partial charge in [0, 0.05) is 6.20 Å². The number of pyridine rings is 1. The molecule has 0 aliphatic rings. The summed E-state index contributed by atoms with van der Waals surface area (Å²) in [6, 6.07) is 7.92. The standard InChI is InChI=1S/C16H14FN3O/c1-11-5-2-8-13(17)14(11)20-16(21)15-12(6-3-9-18)7-4-10-19-15/h2,4-5,7-8,10H,9,18H2,1H3,(H,20,21). The number of nitrogens with two attached hydrogens (primary N) is 1. The number of aromatic nitrogens is 1. The fourth-order valence-corrected chi connectivity index (χ4v) is 1.80. The SMILES string of the molecule is Cc1cccc(F)c1NC(=O)c1ncccc1C#CCN. The Bertz CT molecular complexity index is 712. The maximum atomic E-state index is 13.8. The number of nitrogens with one attached hydrogen (secondary N) is 1. The van der Waals surface area contributed by atoms with Crippen LogP contribution in [-0.2, 0) is 0 Å². The van der Waals surface area contributed by atoms with Gasteiger partial charge in [-0.05, 0) is 30.7 Å². The summed E-state index contributed by atoms with van der Waals surface area (Å²) in [5, 5.41) is 2.54. The van der Waals surface area contributed by atoms with Crippen LogP contribution in [0.2, 0.25) is 0 Å². The van der Waals surface area contributed by atoms with Crippen molar-refractivity contribution in [3.05, 3.63) is 59.2 Å². The van der Waals surface area contributed by atoms with Gasteiger partial charge >= 0.3 is 0 Å². The number of halogens is 1. The third-order valence-corrected chi connectivity index (χ3v) is 2.81. The zero-order valence-electron chi connectivity index (χ0n) is 11.5. The van der Waals surface area contributed by atoms with Crippen LogP contribution in [0.5, 0.6) is 0 Å². The van der Waals surface area contributed by atoms with Gasteiger partial charge in [-0.2, -0.15) is 0 Å². The highest BCUT2D eigenvalue weighted by Gasteiger charge is 2.15. The van der Waals surface area contributed by atoms with E-state index in [-0.39, 0.29) is 17.9 Å². The molecular weight excluding hydrogens is 269 g/mol. The smallest absolute Gasteiger partial charge is 0.275 e. The molecule has 0 aliphatic heterocycles. The van der Waals surface area contributed by atoms with Crippen molar-refractivity contribution < 1.29 is 9.18 Å². The summed E-state index contributed by atoms with van der Waals surface area (Å²) in [4.78, 5) is 16.3. The number of hydrogen-bond donors (Lipinski definition) is 2. The minimum atomic E-state index is -0.509. The van der Waals surface area contributed by atoms with E-state index in [2.05, 4.69) is 22.1 Å². The summed E-state index contributed by atoms with van der Waals surface area (Å²) in [6.07, 6.45) is 1.48. The van der Waals surface area contributed by atoms with Gasteiger partial charge in [0.05, 0.1) is 17.8 Å². The molecule has 0 unspecified atom stereocenters. The Morgan fingerprint density at radius 2 is 2.19 bits per heavy atom. The Morgan fingerprint density at radius 3 is 2.90 bits per heavy atom. The lowest BCUT2D eigenvalue weighted by atomic mass is 10.1. The summed E-state index contributed by atoms with van der Waals surface area (Å²) >= 11 is 0. The first-order chi connectivity index (χ1) is 10.1. The summed E-state index contributed by atoms with van der Waals surface area (Å²) < 4.78 is 13.8. The second-order valence-corrected chi connectivity index (χ2v) is 4.29. The predicted molar refractivity (Wildman–Crippen MR) is 79.3 cm³/mol. The lowest BCUT2D eigenvalue weighted by molar-refractivity contribution is 0.102. The number of amides is 1. The summed E-state index contributed by atoms with van der Waals surface area (Å²) in [5.74, 6) is 4.45. The van der Waals surface area contributed by atoms with Crippen molar-refractivity contribution in [1.29, 1.82) is 0 Å². The first kappa shape index (κ1) is 14.7. The first-order valence-electron chi connectivity index (χ1n) is 6.34. The highest BCUT2D eigenvalue weighted by molar-refractivity contribution is 6.04. The second kappa shape index (κ2) is 6.64. The Morgan fingerprint density at radius 1 is 1.38 bits per heavy atom. The number of benzene rings is 1. The van der Waals surface area contributed by atoms with Crippen molar-refractivity contribution in [2.45, 2.75) is 6.92 Å². The molecule has 0 saturated heterocycles. The van der Waals surface area contributed by atoms with Crippen LogP contribution in [0.1, 0.15) is 21.6 Å². The average Bonchev–Trinajstić information content (AvgIpc) is 2.49. The van der Waals surface area contributed by atoms with Gasteiger partial charge in [0.15, 0.2) is 0 Å². The largest absolute Gasteiger partial charge is 0.320 e. The molecule has 1 aromatic carbocycles. The Hall–Kier alpha value is -2.71. The van der Waals surface area contributed by atoms with Crippen LogP contribution >= 0.6 is 0 Å². The van der Waals surface area contributed by atoms with Crippen molar-refractivity contribution in [2.24, 2.45) is 5.73 Å². The van der Waals surface area contributed by atoms with Crippen molar-refractivity contribution in [2.75, 3.05) is 11.9 Å². The normalized spacial score (nSPS) is 9.67. The Balaban J connectivity index is 2.33. The van der Waals surface area contributed by atoms with Crippen molar-refractivity contribution in [3.8, 4) is 11.8 Å². The summed E-state index contributed by atoms with van der Waals surface area (Å²) in [5.41, 5.74) is 6.69. The van der Waals surface area contributed by atoms with E-state index in [4.69, 9.17) is 5.73 Å². The van der Waals surface area contributed by atoms with E-state index in [0.29, 0.717) is 11.1 Å². The van der Waals surface area contributed by atoms with Crippen LogP contribution in [0.15, 0.2) is 36.5 Å². The summed E-state index contributed by atoms with van der Waals surface area (Å²) in [7, 11) is 0. The molecule has 1 amide bonds. The van der Waals surface area contributed by atoms with Crippen LogP contribution < -0.4 is 11.1 Å². The average molecular weight is 283 g/mol. The van der Waals surface area contributed by atoms with Gasteiger partial charge in [0.25, 0.3) is 5.91 Å². The minimum absolute atomic E-state index is 0.140. The molecule has 2 aromatic rings. The number of rotatable bonds is 2. The number of carbonyl (C=O) groups excluding carboxylic acids is 1. The Labute approximate surface area is 122 Å². The lowest BCUT2D eigenvalue weighted by Gasteiger charge is -2.09. The second-order valence-electron chi connectivity index (χ2n) is 4.29. The van der Waals surface area contributed by atoms with Crippen molar-refractivity contribution >= 4 is 11.6 Å². The molecule has 5 heteroatoms. The molecule has 0 atom stereocenters. The predicted octanol–water partition coefficient (Wildman–Crippen LogP) is 2.09. The zero-order chi connectivity index (χ0) is 15.2. The zero-order valence-corrected chi connectivity index (χ0v) is 11.5. The lowest BCUT2D eigenvalue weighted by Crippen LogP contribution is -2.17. The van der Waals surface area contributed by atoms with Gasteiger partial charge in [-0.3, -0.25) is 4.79 Å². The van der Waals surface area contributed by atoms with Crippen molar-refractivity contribution in [3.63, 3.8) is 0 Å². The number of carbonyl (C=O) groups is 1. The van der Waals surface area contributed by atoms with Gasteiger partial charge in [0.2, 0.25) is 0 Å². The Kier molecular flexibility index (Phi) is 4.64. The van der Waals surface area contributed by atoms with E-state index in [9.17, 15) is 9.18 Å². The highest BCUT2D eigenvalue weighted by atomic mass is 19.1. The molecule has 2 rings (SSSR count). The number of aryl methyl sites for hydroxylation is 1. The van der Waals surface area contributed by atoms with Gasteiger partial charge in [0.1, 0.15) is 11.5 Å². The maximum Gasteiger partial charge on any atom is 0.275 e. The molecule has 0 radical (unpaired) electrons. The van der Waals surface area contributed by atoms with E-state index >= 15 is 0 Å². The molecule has 3 N–H and O–H groups in total. The highest BCUT2D eigenvalue weighted by Crippen LogP contribution is 2.19. The molecular formula is C16H14FN3O. The number of nitrogens with zero attached hydrogens (tertiary/aromatic N) is 1. The molecule has 0 spiro atoms. The number of anilines is 1. The molecule has 1 heterocycles. The molecule has 0 fully saturated rings. The van der Waals surface area contributed by atoms with Crippen LogP contribution in [0.3, 0.4) is 0 Å². The van der Waals surface area contributed by atoms with E-state index in [1.54, 1.807) is 31.2 Å². The van der Waals surface area contributed by atoms with Crippen LogP contribution in [-0.4, -0.2) is 17.4 Å². The topological polar surface area (TPSA) is 68.0 Å². The van der Waals surface area contributed by atoms with Crippen LogP contribution in [0.4, 0.5) is 10.1 Å². The number of para-hydroxylation sites is 1. The minimum Gasteiger partial charge on any atom is -0.320 e. The van der Waals surface area contributed by atoms with Crippen molar-refractivity contribution in [1.82, 2.24) is 4.98 Å². The third kappa shape index (κ3) is 3.44. The first-order valence-corrected chi connectivity index (χ1v) is 6.34. The summed E-state index contributed by atoms with van der Waals surface area (Å²) in [6.45, 7) is 1.90. The maximum absolute atomic E-state index is 13.8. The van der Waals surface area contributed by atoms with E-state index < -0.39 is 11.7 Å². The molecule has 21 heavy (non-hydrogen) atoms. The van der Waals surface area contributed by atoms with Gasteiger partial charge < -0.3 is 11.1 Å². The van der Waals surface area contributed by atoms with E-state index in [0.717, 1.165) is 0 Å². The van der Waals surface area contributed by atoms with Gasteiger partial charge in [-0.15, -0.1) is 0 Å². The van der Waals surface area contributed by atoms with Gasteiger partial charge in [-0.25, -0.2) is 9.37 Å². The molecule has 0 saturated carbocycles. The molecule has 0 aliphatic carbocycles. The van der Waals surface area contributed by atoms with Crippen LogP contribution in [0, 0.1) is 24.6 Å². The molecule has 106 valence electrons. The molecule has 1 aromatic heterocycles. The van der Waals surface area contributed by atoms with Gasteiger partial charge in [-0.1, -0.05) is 24.0 Å². The quantitative estimate of drug-likeness (QED) is 0.829. The van der Waals surface area contributed by atoms with E-state index in [1.807, 2.05) is 0 Å².